The molecular formula is C12H12F5NO2. The van der Waals surface area contributed by atoms with Crippen molar-refractivity contribution in [3.05, 3.63) is 34.6 Å². The fourth-order valence-corrected chi connectivity index (χ4v) is 1.54. The lowest BCUT2D eigenvalue weighted by Crippen LogP contribution is -2.28. The minimum atomic E-state index is -2.21. The van der Waals surface area contributed by atoms with Gasteiger partial charge in [-0.3, -0.25) is 9.69 Å². The first-order chi connectivity index (χ1) is 9.29. The Labute approximate surface area is 111 Å². The van der Waals surface area contributed by atoms with E-state index in [-0.39, 0.29) is 13.2 Å². The topological polar surface area (TPSA) is 29.5 Å². The molecule has 0 amide bonds. The van der Waals surface area contributed by atoms with Crippen LogP contribution in [0, 0.1) is 29.1 Å². The largest absolute Gasteiger partial charge is 0.465 e. The van der Waals surface area contributed by atoms with Crippen LogP contribution in [0.2, 0.25) is 0 Å². The highest BCUT2D eigenvalue weighted by Gasteiger charge is 2.26. The van der Waals surface area contributed by atoms with E-state index >= 15 is 0 Å². The van der Waals surface area contributed by atoms with Gasteiger partial charge >= 0.3 is 5.97 Å². The van der Waals surface area contributed by atoms with Crippen LogP contribution in [0.3, 0.4) is 0 Å². The van der Waals surface area contributed by atoms with Crippen LogP contribution in [0.4, 0.5) is 22.0 Å². The summed E-state index contributed by atoms with van der Waals surface area (Å²) in [6.07, 6.45) is 0. The van der Waals surface area contributed by atoms with E-state index in [2.05, 4.69) is 4.74 Å². The van der Waals surface area contributed by atoms with Crippen LogP contribution >= 0.6 is 0 Å². The van der Waals surface area contributed by atoms with Crippen molar-refractivity contribution < 1.29 is 31.5 Å². The van der Waals surface area contributed by atoms with Crippen molar-refractivity contribution in [1.29, 1.82) is 0 Å². The molecule has 0 aliphatic heterocycles. The quantitative estimate of drug-likeness (QED) is 0.362. The number of ether oxygens (including phenoxy) is 1. The van der Waals surface area contributed by atoms with E-state index in [1.54, 1.807) is 6.92 Å². The van der Waals surface area contributed by atoms with Gasteiger partial charge in [-0.25, -0.2) is 22.0 Å². The number of likely N-dealkylation sites (N-methyl/N-ethyl adjacent to an activating group) is 1. The van der Waals surface area contributed by atoms with Crippen LogP contribution in [-0.2, 0) is 16.1 Å². The van der Waals surface area contributed by atoms with Crippen molar-refractivity contribution in [1.82, 2.24) is 4.90 Å². The van der Waals surface area contributed by atoms with E-state index in [1.807, 2.05) is 0 Å². The van der Waals surface area contributed by atoms with E-state index in [0.717, 1.165) is 4.90 Å². The Hall–Kier alpha value is -1.70. The lowest BCUT2D eigenvalue weighted by atomic mass is 10.1. The molecule has 8 heteroatoms. The Balaban J connectivity index is 2.96. The average Bonchev–Trinajstić information content (AvgIpc) is 2.39. The summed E-state index contributed by atoms with van der Waals surface area (Å²) in [4.78, 5) is 12.2. The number of nitrogens with zero attached hydrogens (tertiary/aromatic N) is 1. The zero-order valence-corrected chi connectivity index (χ0v) is 10.8. The number of esters is 1. The third-order valence-electron chi connectivity index (χ3n) is 2.43. The van der Waals surface area contributed by atoms with Gasteiger partial charge in [0.25, 0.3) is 0 Å². The molecule has 0 N–H and O–H groups in total. The molecule has 0 unspecified atom stereocenters. The molecule has 0 radical (unpaired) electrons. The van der Waals surface area contributed by atoms with E-state index in [1.165, 1.54) is 7.05 Å². The van der Waals surface area contributed by atoms with Crippen molar-refractivity contribution in [2.45, 2.75) is 13.5 Å². The zero-order valence-electron chi connectivity index (χ0n) is 10.8. The maximum atomic E-state index is 13.4. The van der Waals surface area contributed by atoms with Crippen molar-refractivity contribution in [2.24, 2.45) is 0 Å². The molecule has 20 heavy (non-hydrogen) atoms. The second kappa shape index (κ2) is 6.65. The highest BCUT2D eigenvalue weighted by molar-refractivity contribution is 5.71. The molecule has 0 saturated carbocycles. The zero-order chi connectivity index (χ0) is 15.4. The maximum absolute atomic E-state index is 13.4. The number of carbonyl (C=O) groups excluding carboxylic acids is 1. The average molecular weight is 297 g/mol. The van der Waals surface area contributed by atoms with Gasteiger partial charge in [0.2, 0.25) is 5.82 Å². The number of carbonyl (C=O) groups is 1. The van der Waals surface area contributed by atoms with Crippen molar-refractivity contribution >= 4 is 5.97 Å². The molecule has 0 bridgehead atoms. The maximum Gasteiger partial charge on any atom is 0.320 e. The second-order valence-electron chi connectivity index (χ2n) is 4.03. The fourth-order valence-electron chi connectivity index (χ4n) is 1.54. The molecule has 0 fully saturated rings. The molecule has 0 aliphatic rings. The van der Waals surface area contributed by atoms with E-state index in [9.17, 15) is 26.7 Å². The van der Waals surface area contributed by atoms with Gasteiger partial charge in [0, 0.05) is 12.1 Å². The number of halogens is 5. The van der Waals surface area contributed by atoms with Gasteiger partial charge in [-0.1, -0.05) is 0 Å². The minimum absolute atomic E-state index is 0.120. The van der Waals surface area contributed by atoms with Gasteiger partial charge in [-0.2, -0.15) is 0 Å². The summed E-state index contributed by atoms with van der Waals surface area (Å²) >= 11 is 0. The number of hydrogen-bond donors (Lipinski definition) is 0. The molecule has 1 rings (SSSR count). The Morgan fingerprint density at radius 3 is 1.90 bits per heavy atom. The lowest BCUT2D eigenvalue weighted by molar-refractivity contribution is -0.144. The third-order valence-corrected chi connectivity index (χ3v) is 2.43. The van der Waals surface area contributed by atoms with Crippen LogP contribution in [0.25, 0.3) is 0 Å². The molecular weight excluding hydrogens is 285 g/mol. The Morgan fingerprint density at radius 1 is 1.00 bits per heavy atom. The first kappa shape index (κ1) is 16.4. The van der Waals surface area contributed by atoms with Crippen molar-refractivity contribution in [3.63, 3.8) is 0 Å². The molecule has 0 aromatic heterocycles. The van der Waals surface area contributed by atoms with Crippen LogP contribution in [0.15, 0.2) is 0 Å². The van der Waals surface area contributed by atoms with Gasteiger partial charge in [0.15, 0.2) is 23.3 Å². The van der Waals surface area contributed by atoms with E-state index in [0.29, 0.717) is 0 Å². The van der Waals surface area contributed by atoms with Crippen molar-refractivity contribution in [3.8, 4) is 0 Å². The summed E-state index contributed by atoms with van der Waals surface area (Å²) in [5.74, 6) is -10.7. The van der Waals surface area contributed by atoms with Crippen LogP contribution in [0.1, 0.15) is 12.5 Å². The fraction of sp³-hybridized carbons (Fsp3) is 0.417. The summed E-state index contributed by atoms with van der Waals surface area (Å²) in [6.45, 7) is 0.731. The van der Waals surface area contributed by atoms with Crippen LogP contribution in [0.5, 0.6) is 0 Å². The van der Waals surface area contributed by atoms with Gasteiger partial charge in [0.1, 0.15) is 0 Å². The molecule has 0 aliphatic carbocycles. The highest BCUT2D eigenvalue weighted by Crippen LogP contribution is 2.23. The predicted molar refractivity (Wildman–Crippen MR) is 59.2 cm³/mol. The second-order valence-corrected chi connectivity index (χ2v) is 4.03. The van der Waals surface area contributed by atoms with Crippen LogP contribution in [-0.4, -0.2) is 31.1 Å². The Morgan fingerprint density at radius 2 is 1.45 bits per heavy atom. The lowest BCUT2D eigenvalue weighted by Gasteiger charge is -2.17. The Bertz CT molecular complexity index is 492. The molecule has 0 heterocycles. The first-order valence-electron chi connectivity index (χ1n) is 5.64. The van der Waals surface area contributed by atoms with Gasteiger partial charge in [0.05, 0.1) is 13.2 Å². The minimum Gasteiger partial charge on any atom is -0.465 e. The van der Waals surface area contributed by atoms with Gasteiger partial charge in [-0.05, 0) is 14.0 Å². The van der Waals surface area contributed by atoms with Crippen LogP contribution < -0.4 is 0 Å². The third kappa shape index (κ3) is 3.44. The number of rotatable bonds is 5. The molecule has 0 atom stereocenters. The van der Waals surface area contributed by atoms with E-state index < -0.39 is 47.2 Å². The van der Waals surface area contributed by atoms with E-state index in [4.69, 9.17) is 0 Å². The molecule has 0 saturated heterocycles. The van der Waals surface area contributed by atoms with Gasteiger partial charge < -0.3 is 4.74 Å². The SMILES string of the molecule is CCOC(=O)CN(C)Cc1c(F)c(F)c(F)c(F)c1F. The smallest absolute Gasteiger partial charge is 0.320 e. The molecule has 0 spiro atoms. The van der Waals surface area contributed by atoms with Crippen molar-refractivity contribution in [2.75, 3.05) is 20.2 Å². The van der Waals surface area contributed by atoms with Gasteiger partial charge in [-0.15, -0.1) is 0 Å². The summed E-state index contributed by atoms with van der Waals surface area (Å²) in [7, 11) is 1.29. The molecule has 1 aromatic carbocycles. The summed E-state index contributed by atoms with van der Waals surface area (Å²) < 4.78 is 70.1. The monoisotopic (exact) mass is 297 g/mol. The standard InChI is InChI=1S/C12H12F5NO2/c1-3-20-7(19)5-18(2)4-6-8(13)10(15)12(17)11(16)9(6)14/h3-5H2,1-2H3. The Kier molecular flexibility index (Phi) is 5.43. The highest BCUT2D eigenvalue weighted by atomic mass is 19.2. The predicted octanol–water partition coefficient (Wildman–Crippen LogP) is 2.38. The summed E-state index contributed by atoms with van der Waals surface area (Å²) in [5, 5.41) is 0. The summed E-state index contributed by atoms with van der Waals surface area (Å²) in [5.41, 5.74) is -0.992. The molecule has 1 aromatic rings. The number of hydrogen-bond acceptors (Lipinski definition) is 3. The molecule has 112 valence electrons. The first-order valence-corrected chi connectivity index (χ1v) is 5.64. The summed E-state index contributed by atoms with van der Waals surface area (Å²) in [6, 6.07) is 0. The normalized spacial score (nSPS) is 11.0. The number of benzene rings is 1. The molecule has 3 nitrogen and oxygen atoms in total.